The van der Waals surface area contributed by atoms with Crippen molar-refractivity contribution in [1.29, 1.82) is 0 Å². The highest BCUT2D eigenvalue weighted by molar-refractivity contribution is 6.30. The maximum absolute atomic E-state index is 12.3. The number of nitrogens with one attached hydrogen (secondary N) is 3. The van der Waals surface area contributed by atoms with Crippen LogP contribution in [0.2, 0.25) is 5.02 Å². The number of methoxy groups -OCH3 is 1. The molecule has 0 unspecified atom stereocenters. The van der Waals surface area contributed by atoms with Gasteiger partial charge in [-0.15, -0.1) is 0 Å². The van der Waals surface area contributed by atoms with E-state index in [1.807, 2.05) is 0 Å². The van der Waals surface area contributed by atoms with E-state index in [4.69, 9.17) is 20.8 Å². The number of hydrogen-bond acceptors (Lipinski definition) is 5. The van der Waals surface area contributed by atoms with Gasteiger partial charge in [0.25, 0.3) is 17.7 Å². The Labute approximate surface area is 170 Å². The highest BCUT2D eigenvalue weighted by Gasteiger charge is 2.15. The number of hydrazine groups is 1. The van der Waals surface area contributed by atoms with Crippen molar-refractivity contribution in [2.45, 2.75) is 0 Å². The summed E-state index contributed by atoms with van der Waals surface area (Å²) in [7, 11) is 1.41. The lowest BCUT2D eigenvalue weighted by Gasteiger charge is -2.11. The normalized spacial score (nSPS) is 10.1. The van der Waals surface area contributed by atoms with E-state index in [-0.39, 0.29) is 22.6 Å². The smallest absolute Gasteiger partial charge is 0.291 e. The highest BCUT2D eigenvalue weighted by atomic mass is 35.5. The minimum absolute atomic E-state index is 0.143. The maximum atomic E-state index is 12.3. The standard InChI is InChI=1S/C20H16ClN3O5/c1-28-17-11-13(21)7-8-15(17)19(26)24-23-18(25)12-4-2-5-14(10-12)22-20(27)16-6-3-9-29-16/h2-11H,1H3,(H,22,27)(H,23,25)(H,24,26). The second-order valence-corrected chi connectivity index (χ2v) is 6.20. The van der Waals surface area contributed by atoms with Crippen LogP contribution in [0.4, 0.5) is 5.69 Å². The summed E-state index contributed by atoms with van der Waals surface area (Å²) in [6.45, 7) is 0. The SMILES string of the molecule is COc1cc(Cl)ccc1C(=O)NNC(=O)c1cccc(NC(=O)c2ccco2)c1. The van der Waals surface area contributed by atoms with Crippen LogP contribution in [0.3, 0.4) is 0 Å². The first-order chi connectivity index (χ1) is 14.0. The lowest BCUT2D eigenvalue weighted by molar-refractivity contribution is 0.0845. The monoisotopic (exact) mass is 413 g/mol. The van der Waals surface area contributed by atoms with Gasteiger partial charge in [0, 0.05) is 16.3 Å². The Balaban J connectivity index is 1.64. The first-order valence-corrected chi connectivity index (χ1v) is 8.75. The van der Waals surface area contributed by atoms with Crippen molar-refractivity contribution >= 4 is 35.0 Å². The number of amides is 3. The van der Waals surface area contributed by atoms with E-state index in [0.29, 0.717) is 10.7 Å². The quantitative estimate of drug-likeness (QED) is 0.556. The van der Waals surface area contributed by atoms with Crippen molar-refractivity contribution in [1.82, 2.24) is 10.9 Å². The Hall–Kier alpha value is -3.78. The zero-order valence-corrected chi connectivity index (χ0v) is 15.9. The van der Waals surface area contributed by atoms with Gasteiger partial charge in [-0.1, -0.05) is 17.7 Å². The number of carbonyl (C=O) groups excluding carboxylic acids is 3. The molecule has 0 spiro atoms. The minimum atomic E-state index is -0.575. The molecule has 8 nitrogen and oxygen atoms in total. The number of anilines is 1. The molecule has 0 fully saturated rings. The molecule has 0 aliphatic carbocycles. The van der Waals surface area contributed by atoms with E-state index >= 15 is 0 Å². The van der Waals surface area contributed by atoms with Crippen LogP contribution in [0.15, 0.2) is 65.3 Å². The molecule has 1 aromatic heterocycles. The molecule has 0 radical (unpaired) electrons. The molecule has 3 rings (SSSR count). The Kier molecular flexibility index (Phi) is 6.16. The summed E-state index contributed by atoms with van der Waals surface area (Å²) in [6, 6.07) is 13.8. The zero-order chi connectivity index (χ0) is 20.8. The molecule has 0 saturated carbocycles. The van der Waals surface area contributed by atoms with Crippen molar-refractivity contribution in [3.63, 3.8) is 0 Å². The molecule has 3 N–H and O–H groups in total. The van der Waals surface area contributed by atoms with E-state index in [0.717, 1.165) is 0 Å². The van der Waals surface area contributed by atoms with E-state index in [9.17, 15) is 14.4 Å². The second-order valence-electron chi connectivity index (χ2n) is 5.77. The fourth-order valence-corrected chi connectivity index (χ4v) is 2.61. The van der Waals surface area contributed by atoms with Gasteiger partial charge in [0.2, 0.25) is 0 Å². The summed E-state index contributed by atoms with van der Waals surface area (Å²) in [5.74, 6) is -1.18. The predicted molar refractivity (Wildman–Crippen MR) is 106 cm³/mol. The third kappa shape index (κ3) is 4.94. The van der Waals surface area contributed by atoms with Gasteiger partial charge >= 0.3 is 0 Å². The molecular weight excluding hydrogens is 398 g/mol. The number of carbonyl (C=O) groups is 3. The van der Waals surface area contributed by atoms with Crippen LogP contribution in [0.1, 0.15) is 31.3 Å². The third-order valence-corrected chi connectivity index (χ3v) is 4.06. The largest absolute Gasteiger partial charge is 0.496 e. The average molecular weight is 414 g/mol. The minimum Gasteiger partial charge on any atom is -0.496 e. The second kappa shape index (κ2) is 8.94. The van der Waals surface area contributed by atoms with Crippen LogP contribution in [0.25, 0.3) is 0 Å². The van der Waals surface area contributed by atoms with Crippen molar-refractivity contribution in [3.05, 3.63) is 82.8 Å². The molecule has 3 aromatic rings. The first-order valence-electron chi connectivity index (χ1n) is 8.37. The Morgan fingerprint density at radius 1 is 0.931 bits per heavy atom. The average Bonchev–Trinajstić information content (AvgIpc) is 3.27. The van der Waals surface area contributed by atoms with Gasteiger partial charge < -0.3 is 14.5 Å². The number of benzene rings is 2. The lowest BCUT2D eigenvalue weighted by Crippen LogP contribution is -2.41. The Bertz CT molecular complexity index is 1050. The van der Waals surface area contributed by atoms with Crippen LogP contribution in [0.5, 0.6) is 5.75 Å². The molecule has 0 aliphatic rings. The van der Waals surface area contributed by atoms with Crippen LogP contribution in [-0.2, 0) is 0 Å². The topological polar surface area (TPSA) is 110 Å². The molecule has 1 heterocycles. The summed E-state index contributed by atoms with van der Waals surface area (Å²) >= 11 is 5.87. The van der Waals surface area contributed by atoms with Gasteiger partial charge in [-0.2, -0.15) is 0 Å². The summed E-state index contributed by atoms with van der Waals surface area (Å²) in [4.78, 5) is 36.7. The maximum Gasteiger partial charge on any atom is 0.291 e. The van der Waals surface area contributed by atoms with Gasteiger partial charge in [-0.25, -0.2) is 0 Å². The molecule has 0 saturated heterocycles. The third-order valence-electron chi connectivity index (χ3n) is 3.83. The van der Waals surface area contributed by atoms with Crippen molar-refractivity contribution in [3.8, 4) is 5.75 Å². The van der Waals surface area contributed by atoms with Gasteiger partial charge in [0.05, 0.1) is 18.9 Å². The van der Waals surface area contributed by atoms with Gasteiger partial charge in [0.1, 0.15) is 5.75 Å². The molecule has 0 aliphatic heterocycles. The number of hydrogen-bond donors (Lipinski definition) is 3. The summed E-state index contributed by atoms with van der Waals surface area (Å²) in [5, 5.41) is 3.03. The van der Waals surface area contributed by atoms with Crippen LogP contribution < -0.4 is 20.9 Å². The number of ether oxygens (including phenoxy) is 1. The number of furan rings is 1. The molecule has 0 atom stereocenters. The van der Waals surface area contributed by atoms with Crippen molar-refractivity contribution in [2.75, 3.05) is 12.4 Å². The molecule has 3 amide bonds. The van der Waals surface area contributed by atoms with Crippen LogP contribution in [-0.4, -0.2) is 24.8 Å². The van der Waals surface area contributed by atoms with Gasteiger partial charge in [-0.05, 0) is 48.5 Å². The van der Waals surface area contributed by atoms with E-state index < -0.39 is 17.7 Å². The summed E-state index contributed by atoms with van der Waals surface area (Å²) < 4.78 is 10.1. The number of halogens is 1. The first kappa shape index (κ1) is 20.0. The lowest BCUT2D eigenvalue weighted by atomic mass is 10.2. The molecule has 9 heteroatoms. The van der Waals surface area contributed by atoms with Crippen molar-refractivity contribution < 1.29 is 23.5 Å². The van der Waals surface area contributed by atoms with Gasteiger partial charge in [0.15, 0.2) is 5.76 Å². The van der Waals surface area contributed by atoms with E-state index in [1.54, 1.807) is 18.2 Å². The number of rotatable bonds is 5. The van der Waals surface area contributed by atoms with Crippen LogP contribution >= 0.6 is 11.6 Å². The molecule has 148 valence electrons. The predicted octanol–water partition coefficient (Wildman–Crippen LogP) is 3.27. The summed E-state index contributed by atoms with van der Waals surface area (Å²) in [5.41, 5.74) is 5.45. The van der Waals surface area contributed by atoms with E-state index in [1.165, 1.54) is 49.8 Å². The highest BCUT2D eigenvalue weighted by Crippen LogP contribution is 2.22. The zero-order valence-electron chi connectivity index (χ0n) is 15.2. The van der Waals surface area contributed by atoms with Crippen LogP contribution in [0, 0.1) is 0 Å². The summed E-state index contributed by atoms with van der Waals surface area (Å²) in [6.07, 6.45) is 1.39. The fraction of sp³-hybridized carbons (Fsp3) is 0.0500. The molecular formula is C20H16ClN3O5. The van der Waals surface area contributed by atoms with Crippen molar-refractivity contribution in [2.24, 2.45) is 0 Å². The molecule has 2 aromatic carbocycles. The van der Waals surface area contributed by atoms with E-state index in [2.05, 4.69) is 16.2 Å². The Morgan fingerprint density at radius 2 is 1.72 bits per heavy atom. The fourth-order valence-electron chi connectivity index (χ4n) is 2.44. The van der Waals surface area contributed by atoms with Gasteiger partial charge in [-0.3, -0.25) is 25.2 Å². The molecule has 29 heavy (non-hydrogen) atoms. The Morgan fingerprint density at radius 3 is 2.45 bits per heavy atom. The molecule has 0 bridgehead atoms.